The van der Waals surface area contributed by atoms with E-state index in [0.29, 0.717) is 11.7 Å². The molecule has 1 heterocycles. The van der Waals surface area contributed by atoms with Crippen molar-refractivity contribution in [1.29, 1.82) is 0 Å². The van der Waals surface area contributed by atoms with Crippen molar-refractivity contribution in [1.82, 2.24) is 4.90 Å². The summed E-state index contributed by atoms with van der Waals surface area (Å²) in [6, 6.07) is 8.95. The first-order valence-corrected chi connectivity index (χ1v) is 8.67. The van der Waals surface area contributed by atoms with Crippen molar-refractivity contribution in [2.45, 2.75) is 19.1 Å². The molecule has 1 aliphatic heterocycles. The standard InChI is InChI=1S/C13H18N2O3S2/c1-2-15(11-8-20(17,18)9-12(11)16)13(19)14-10-6-4-3-5-7-10/h3-7,11-12,16H,2,8-9H2,1H3,(H,14,19)/t11-,12+/m1/s1. The average Bonchev–Trinajstić information content (AvgIpc) is 2.65. The van der Waals surface area contributed by atoms with Crippen LogP contribution >= 0.6 is 12.2 Å². The summed E-state index contributed by atoms with van der Waals surface area (Å²) in [6.45, 7) is 2.42. The van der Waals surface area contributed by atoms with E-state index in [0.717, 1.165) is 5.69 Å². The quantitative estimate of drug-likeness (QED) is 0.807. The van der Waals surface area contributed by atoms with Crippen LogP contribution in [0.1, 0.15) is 6.92 Å². The number of nitrogens with zero attached hydrogens (tertiary/aromatic N) is 1. The molecular weight excluding hydrogens is 296 g/mol. The predicted octanol–water partition coefficient (Wildman–Crippen LogP) is 0.863. The number of anilines is 1. The number of nitrogens with one attached hydrogen (secondary N) is 1. The van der Waals surface area contributed by atoms with Gasteiger partial charge >= 0.3 is 0 Å². The molecule has 1 aliphatic rings. The smallest absolute Gasteiger partial charge is 0.173 e. The molecule has 1 aromatic rings. The minimum Gasteiger partial charge on any atom is -0.390 e. The van der Waals surface area contributed by atoms with Crippen molar-refractivity contribution in [2.24, 2.45) is 0 Å². The molecule has 0 unspecified atom stereocenters. The van der Waals surface area contributed by atoms with E-state index in [2.05, 4.69) is 5.32 Å². The van der Waals surface area contributed by atoms with Gasteiger partial charge in [-0.1, -0.05) is 18.2 Å². The summed E-state index contributed by atoms with van der Waals surface area (Å²) in [5, 5.41) is 13.4. The second-order valence-electron chi connectivity index (χ2n) is 4.79. The van der Waals surface area contributed by atoms with Crippen LogP contribution in [0.4, 0.5) is 5.69 Å². The van der Waals surface area contributed by atoms with Crippen molar-refractivity contribution in [3.63, 3.8) is 0 Å². The number of likely N-dealkylation sites (N-methyl/N-ethyl adjacent to an activating group) is 1. The van der Waals surface area contributed by atoms with E-state index in [-0.39, 0.29) is 11.5 Å². The van der Waals surface area contributed by atoms with Crippen LogP contribution in [0.3, 0.4) is 0 Å². The van der Waals surface area contributed by atoms with E-state index in [1.54, 1.807) is 4.90 Å². The van der Waals surface area contributed by atoms with E-state index in [1.165, 1.54) is 0 Å². The minimum absolute atomic E-state index is 0.0569. The maximum absolute atomic E-state index is 11.6. The monoisotopic (exact) mass is 314 g/mol. The van der Waals surface area contributed by atoms with Crippen LogP contribution in [-0.2, 0) is 9.84 Å². The van der Waals surface area contributed by atoms with Gasteiger partial charge in [0.1, 0.15) is 0 Å². The SMILES string of the molecule is CCN(C(=S)Nc1ccccc1)[C@@H]1CS(=O)(=O)C[C@@H]1O. The summed E-state index contributed by atoms with van der Waals surface area (Å²) in [4.78, 5) is 1.73. The average molecular weight is 314 g/mol. The summed E-state index contributed by atoms with van der Waals surface area (Å²) < 4.78 is 23.2. The molecule has 2 N–H and O–H groups in total. The first kappa shape index (κ1) is 15.2. The maximum Gasteiger partial charge on any atom is 0.173 e. The molecule has 110 valence electrons. The van der Waals surface area contributed by atoms with Gasteiger partial charge in [-0.15, -0.1) is 0 Å². The Labute approximate surface area is 124 Å². The van der Waals surface area contributed by atoms with Gasteiger partial charge in [0.25, 0.3) is 0 Å². The van der Waals surface area contributed by atoms with Crippen LogP contribution < -0.4 is 5.32 Å². The number of hydrogen-bond acceptors (Lipinski definition) is 4. The normalized spacial score (nSPS) is 24.3. The zero-order valence-corrected chi connectivity index (χ0v) is 12.8. The Morgan fingerprint density at radius 2 is 2.05 bits per heavy atom. The molecule has 0 aromatic heterocycles. The van der Waals surface area contributed by atoms with Gasteiger partial charge in [-0.3, -0.25) is 0 Å². The van der Waals surface area contributed by atoms with Crippen LogP contribution in [-0.4, -0.2) is 53.7 Å². The van der Waals surface area contributed by atoms with Gasteiger partial charge in [-0.2, -0.15) is 0 Å². The van der Waals surface area contributed by atoms with Crippen LogP contribution in [0.5, 0.6) is 0 Å². The number of para-hydroxylation sites is 1. The summed E-state index contributed by atoms with van der Waals surface area (Å²) in [5.74, 6) is -0.249. The number of sulfone groups is 1. The van der Waals surface area contributed by atoms with Crippen LogP contribution in [0, 0.1) is 0 Å². The van der Waals surface area contributed by atoms with E-state index >= 15 is 0 Å². The first-order chi connectivity index (χ1) is 9.43. The van der Waals surface area contributed by atoms with Crippen molar-refractivity contribution < 1.29 is 13.5 Å². The molecule has 2 rings (SSSR count). The van der Waals surface area contributed by atoms with Crippen LogP contribution in [0.25, 0.3) is 0 Å². The summed E-state index contributed by atoms with van der Waals surface area (Å²) in [6.07, 6.45) is -0.893. The Morgan fingerprint density at radius 1 is 1.40 bits per heavy atom. The Morgan fingerprint density at radius 3 is 2.55 bits per heavy atom. The second-order valence-corrected chi connectivity index (χ2v) is 7.33. The van der Waals surface area contributed by atoms with Gasteiger partial charge in [0.15, 0.2) is 14.9 Å². The lowest BCUT2D eigenvalue weighted by Gasteiger charge is -2.31. The van der Waals surface area contributed by atoms with Gasteiger partial charge in [-0.05, 0) is 31.3 Å². The molecule has 0 radical (unpaired) electrons. The fourth-order valence-corrected chi connectivity index (χ4v) is 4.54. The first-order valence-electron chi connectivity index (χ1n) is 6.44. The Balaban J connectivity index is 2.10. The van der Waals surface area contributed by atoms with Crippen LogP contribution in [0.2, 0.25) is 0 Å². The molecule has 1 aromatic carbocycles. The molecule has 5 nitrogen and oxygen atoms in total. The fraction of sp³-hybridized carbons (Fsp3) is 0.462. The van der Waals surface area contributed by atoms with Gasteiger partial charge in [0, 0.05) is 12.2 Å². The molecular formula is C13H18N2O3S2. The third-order valence-electron chi connectivity index (χ3n) is 3.32. The van der Waals surface area contributed by atoms with E-state index in [4.69, 9.17) is 12.2 Å². The molecule has 1 saturated heterocycles. The highest BCUT2D eigenvalue weighted by Crippen LogP contribution is 2.19. The summed E-state index contributed by atoms with van der Waals surface area (Å²) in [5.41, 5.74) is 0.839. The lowest BCUT2D eigenvalue weighted by Crippen LogP contribution is -2.48. The number of benzene rings is 1. The lowest BCUT2D eigenvalue weighted by molar-refractivity contribution is 0.126. The maximum atomic E-state index is 11.6. The third-order valence-corrected chi connectivity index (χ3v) is 5.36. The van der Waals surface area contributed by atoms with Gasteiger partial charge in [0.2, 0.25) is 0 Å². The zero-order valence-electron chi connectivity index (χ0n) is 11.2. The van der Waals surface area contributed by atoms with Crippen molar-refractivity contribution >= 4 is 32.9 Å². The van der Waals surface area contributed by atoms with Crippen molar-refractivity contribution in [3.05, 3.63) is 30.3 Å². The largest absolute Gasteiger partial charge is 0.390 e. The van der Waals surface area contributed by atoms with Crippen molar-refractivity contribution in [2.75, 3.05) is 23.4 Å². The topological polar surface area (TPSA) is 69.6 Å². The molecule has 0 aliphatic carbocycles. The zero-order chi connectivity index (χ0) is 14.8. The molecule has 20 heavy (non-hydrogen) atoms. The molecule has 0 bridgehead atoms. The minimum atomic E-state index is -3.19. The third kappa shape index (κ3) is 3.47. The van der Waals surface area contributed by atoms with Crippen molar-refractivity contribution in [3.8, 4) is 0 Å². The van der Waals surface area contributed by atoms with E-state index in [1.807, 2.05) is 37.3 Å². The Hall–Kier alpha value is -1.18. The molecule has 0 spiro atoms. The number of rotatable bonds is 3. The van der Waals surface area contributed by atoms with Gasteiger partial charge in [-0.25, -0.2) is 8.42 Å². The number of thiocarbonyl (C=S) groups is 1. The highest BCUT2D eigenvalue weighted by Gasteiger charge is 2.40. The number of aliphatic hydroxyl groups is 1. The molecule has 2 atom stereocenters. The number of hydrogen-bond donors (Lipinski definition) is 2. The second kappa shape index (κ2) is 6.07. The van der Waals surface area contributed by atoms with E-state index in [9.17, 15) is 13.5 Å². The van der Waals surface area contributed by atoms with Crippen LogP contribution in [0.15, 0.2) is 30.3 Å². The highest BCUT2D eigenvalue weighted by molar-refractivity contribution is 7.91. The Kier molecular flexibility index (Phi) is 4.62. The number of aliphatic hydroxyl groups excluding tert-OH is 1. The van der Waals surface area contributed by atoms with E-state index < -0.39 is 22.0 Å². The molecule has 1 fully saturated rings. The fourth-order valence-electron chi connectivity index (χ4n) is 2.35. The predicted molar refractivity (Wildman–Crippen MR) is 83.5 cm³/mol. The molecule has 0 saturated carbocycles. The highest BCUT2D eigenvalue weighted by atomic mass is 32.2. The lowest BCUT2D eigenvalue weighted by atomic mass is 10.2. The summed E-state index contributed by atoms with van der Waals surface area (Å²) in [7, 11) is -3.19. The Bertz CT molecular complexity index is 575. The van der Waals surface area contributed by atoms with Gasteiger partial charge < -0.3 is 15.3 Å². The molecule has 0 amide bonds. The van der Waals surface area contributed by atoms with Gasteiger partial charge in [0.05, 0.1) is 23.7 Å². The summed E-state index contributed by atoms with van der Waals surface area (Å²) >= 11 is 5.33. The molecule has 7 heteroatoms.